The largest absolute Gasteiger partial charge is 0.480 e. The predicted molar refractivity (Wildman–Crippen MR) is 121 cm³/mol. The second kappa shape index (κ2) is 9.17. The third-order valence-corrected chi connectivity index (χ3v) is 5.54. The number of carboxylic acids is 1. The van der Waals surface area contributed by atoms with Crippen molar-refractivity contribution < 1.29 is 15.0 Å². The van der Waals surface area contributed by atoms with Crippen molar-refractivity contribution in [2.45, 2.75) is 6.04 Å². The van der Waals surface area contributed by atoms with Gasteiger partial charge >= 0.3 is 5.97 Å². The summed E-state index contributed by atoms with van der Waals surface area (Å²) < 4.78 is 4.38. The summed E-state index contributed by atoms with van der Waals surface area (Å²) in [6, 6.07) is 14.2. The summed E-state index contributed by atoms with van der Waals surface area (Å²) in [5, 5.41) is 21.8. The molecule has 0 bridgehead atoms. The highest BCUT2D eigenvalue weighted by Gasteiger charge is 2.15. The Hall–Kier alpha value is -3.40. The average molecular weight is 454 g/mol. The van der Waals surface area contributed by atoms with Crippen LogP contribution in [-0.2, 0) is 4.79 Å². The van der Waals surface area contributed by atoms with E-state index >= 15 is 0 Å². The highest BCUT2D eigenvalue weighted by Crippen LogP contribution is 2.36. The number of aliphatic carboxylic acids is 1. The molecule has 2 heterocycles. The number of halogens is 1. The number of hydrogen-bond donors (Lipinski definition) is 3. The van der Waals surface area contributed by atoms with E-state index < -0.39 is 18.6 Å². The molecule has 0 spiro atoms. The van der Waals surface area contributed by atoms with Crippen molar-refractivity contribution >= 4 is 57.2 Å². The van der Waals surface area contributed by atoms with E-state index in [4.69, 9.17) is 21.8 Å². The highest BCUT2D eigenvalue weighted by molar-refractivity contribution is 7.13. The van der Waals surface area contributed by atoms with Crippen molar-refractivity contribution in [1.82, 2.24) is 14.3 Å². The maximum Gasteiger partial charge on any atom is 0.330 e. The standard InChI is InChI=1S/C21H16ClN5O3S/c22-17-14(12-5-2-1-3-6-12)7-4-8-15(17)26-19-18-20(31-27-19)24-10-13(25-18)9-23-16(11-28)21(29)30/h1-10,16,28H,11H2,(H,26,27)(H,29,30)/t16-/m1/s1. The van der Waals surface area contributed by atoms with Crippen molar-refractivity contribution in [2.24, 2.45) is 4.99 Å². The Balaban J connectivity index is 1.65. The topological polar surface area (TPSA) is 121 Å². The lowest BCUT2D eigenvalue weighted by atomic mass is 10.1. The molecular formula is C21H16ClN5O3S. The molecule has 0 radical (unpaired) electrons. The van der Waals surface area contributed by atoms with Gasteiger partial charge in [-0.05, 0) is 23.2 Å². The van der Waals surface area contributed by atoms with Crippen molar-refractivity contribution in [2.75, 3.05) is 11.9 Å². The smallest absolute Gasteiger partial charge is 0.330 e. The van der Waals surface area contributed by atoms with E-state index in [1.165, 1.54) is 23.9 Å². The summed E-state index contributed by atoms with van der Waals surface area (Å²) in [5.41, 5.74) is 3.40. The Labute approximate surface area is 186 Å². The molecular weight excluding hydrogens is 438 g/mol. The molecule has 0 aliphatic carbocycles. The zero-order chi connectivity index (χ0) is 21.8. The molecule has 0 aliphatic rings. The fourth-order valence-corrected chi connectivity index (χ4v) is 3.76. The molecule has 4 aromatic rings. The van der Waals surface area contributed by atoms with Gasteiger partial charge in [-0.15, -0.1) is 0 Å². The predicted octanol–water partition coefficient (Wildman–Crippen LogP) is 4.01. The van der Waals surface area contributed by atoms with Gasteiger partial charge in [-0.3, -0.25) is 4.99 Å². The van der Waals surface area contributed by atoms with E-state index in [9.17, 15) is 4.79 Å². The van der Waals surface area contributed by atoms with Crippen molar-refractivity contribution in [3.63, 3.8) is 0 Å². The van der Waals surface area contributed by atoms with Crippen LogP contribution in [-0.4, -0.2) is 49.4 Å². The fourth-order valence-electron chi connectivity index (χ4n) is 2.84. The second-order valence-corrected chi connectivity index (χ2v) is 7.58. The SMILES string of the molecule is O=C(O)[C@@H](CO)N=Cc1cnc2snc(Nc3cccc(-c4ccccc4)c3Cl)c2n1. The molecule has 0 unspecified atom stereocenters. The first-order valence-corrected chi connectivity index (χ1v) is 10.3. The first-order chi connectivity index (χ1) is 15.1. The number of aliphatic hydroxyl groups excluding tert-OH is 1. The van der Waals surface area contributed by atoms with Crippen LogP contribution in [0.25, 0.3) is 21.5 Å². The first-order valence-electron chi connectivity index (χ1n) is 9.17. The van der Waals surface area contributed by atoms with Crippen LogP contribution in [0.3, 0.4) is 0 Å². The summed E-state index contributed by atoms with van der Waals surface area (Å²) in [6.45, 7) is -0.607. The quantitative estimate of drug-likeness (QED) is 0.361. The Bertz CT molecular complexity index is 1260. The van der Waals surface area contributed by atoms with Crippen LogP contribution in [0.5, 0.6) is 0 Å². The molecule has 2 aromatic carbocycles. The van der Waals surface area contributed by atoms with Gasteiger partial charge in [-0.25, -0.2) is 14.8 Å². The van der Waals surface area contributed by atoms with Gasteiger partial charge < -0.3 is 15.5 Å². The molecule has 3 N–H and O–H groups in total. The zero-order valence-electron chi connectivity index (χ0n) is 15.9. The van der Waals surface area contributed by atoms with Crippen molar-refractivity contribution in [3.05, 3.63) is 65.4 Å². The van der Waals surface area contributed by atoms with Crippen LogP contribution in [0.1, 0.15) is 5.69 Å². The number of benzene rings is 2. The summed E-state index contributed by atoms with van der Waals surface area (Å²) in [5.74, 6) is -0.743. The van der Waals surface area contributed by atoms with Gasteiger partial charge in [0.25, 0.3) is 0 Å². The highest BCUT2D eigenvalue weighted by atomic mass is 35.5. The van der Waals surface area contributed by atoms with Crippen LogP contribution in [0.4, 0.5) is 11.5 Å². The second-order valence-electron chi connectivity index (χ2n) is 6.45. The number of carboxylic acid groups (broad SMARTS) is 1. The summed E-state index contributed by atoms with van der Waals surface area (Å²) in [7, 11) is 0. The average Bonchev–Trinajstić information content (AvgIpc) is 3.18. The van der Waals surface area contributed by atoms with E-state index in [1.54, 1.807) is 0 Å². The van der Waals surface area contributed by atoms with Crippen LogP contribution in [0.15, 0.2) is 59.7 Å². The van der Waals surface area contributed by atoms with Crippen molar-refractivity contribution in [1.29, 1.82) is 0 Å². The summed E-state index contributed by atoms with van der Waals surface area (Å²) in [6.07, 6.45) is 2.74. The molecule has 0 saturated carbocycles. The number of hydrogen-bond acceptors (Lipinski definition) is 8. The van der Waals surface area contributed by atoms with E-state index in [-0.39, 0.29) is 0 Å². The Morgan fingerprint density at radius 3 is 2.77 bits per heavy atom. The van der Waals surface area contributed by atoms with Gasteiger partial charge in [-0.2, -0.15) is 4.37 Å². The molecule has 0 fully saturated rings. The minimum atomic E-state index is -1.25. The molecule has 31 heavy (non-hydrogen) atoms. The Kier molecular flexibility index (Phi) is 6.17. The Morgan fingerprint density at radius 1 is 1.23 bits per heavy atom. The number of rotatable bonds is 7. The number of aliphatic hydroxyl groups is 1. The molecule has 156 valence electrons. The maximum absolute atomic E-state index is 11.0. The molecule has 8 nitrogen and oxygen atoms in total. The molecule has 4 rings (SSSR count). The van der Waals surface area contributed by atoms with E-state index in [2.05, 4.69) is 24.7 Å². The van der Waals surface area contributed by atoms with Gasteiger partial charge in [0.1, 0.15) is 11.2 Å². The number of nitrogens with zero attached hydrogens (tertiary/aromatic N) is 4. The number of anilines is 2. The summed E-state index contributed by atoms with van der Waals surface area (Å²) in [4.78, 5) is 24.2. The van der Waals surface area contributed by atoms with Gasteiger partial charge in [-0.1, -0.05) is 54.1 Å². The van der Waals surface area contributed by atoms with Gasteiger partial charge in [0.2, 0.25) is 0 Å². The molecule has 2 aromatic heterocycles. The zero-order valence-corrected chi connectivity index (χ0v) is 17.5. The minimum Gasteiger partial charge on any atom is -0.480 e. The first kappa shape index (κ1) is 20.9. The van der Waals surface area contributed by atoms with Crippen molar-refractivity contribution in [3.8, 4) is 11.1 Å². The normalized spacial score (nSPS) is 12.3. The molecule has 1 atom stereocenters. The number of carbonyl (C=O) groups is 1. The van der Waals surface area contributed by atoms with Gasteiger partial charge in [0.05, 0.1) is 23.5 Å². The van der Waals surface area contributed by atoms with Crippen LogP contribution in [0, 0.1) is 0 Å². The lowest BCUT2D eigenvalue weighted by molar-refractivity contribution is -0.139. The lowest BCUT2D eigenvalue weighted by Crippen LogP contribution is -2.22. The van der Waals surface area contributed by atoms with Crippen LogP contribution < -0.4 is 5.32 Å². The minimum absolute atomic E-state index is 0.347. The monoisotopic (exact) mass is 453 g/mol. The van der Waals surface area contributed by atoms with Crippen LogP contribution in [0.2, 0.25) is 5.02 Å². The maximum atomic E-state index is 11.0. The van der Waals surface area contributed by atoms with E-state index in [0.29, 0.717) is 32.6 Å². The number of fused-ring (bicyclic) bond motifs is 1. The van der Waals surface area contributed by atoms with Crippen LogP contribution >= 0.6 is 23.1 Å². The summed E-state index contributed by atoms with van der Waals surface area (Å²) >= 11 is 7.82. The fraction of sp³-hybridized carbons (Fsp3) is 0.0952. The molecule has 0 aliphatic heterocycles. The number of aromatic nitrogens is 3. The third-order valence-electron chi connectivity index (χ3n) is 4.39. The molecule has 0 amide bonds. The number of aliphatic imine (C=N–C) groups is 1. The van der Waals surface area contributed by atoms with Gasteiger partial charge in [0.15, 0.2) is 16.7 Å². The molecule has 0 saturated heterocycles. The molecule has 10 heteroatoms. The van der Waals surface area contributed by atoms with E-state index in [1.807, 2.05) is 48.5 Å². The lowest BCUT2D eigenvalue weighted by Gasteiger charge is -2.11. The third kappa shape index (κ3) is 4.53. The Morgan fingerprint density at radius 2 is 2.03 bits per heavy atom. The van der Waals surface area contributed by atoms with Gasteiger partial charge in [0, 0.05) is 11.8 Å². The van der Waals surface area contributed by atoms with E-state index in [0.717, 1.165) is 11.1 Å². The number of nitrogens with one attached hydrogen (secondary N) is 1.